The Hall–Kier alpha value is -1.69. The van der Waals surface area contributed by atoms with Crippen LogP contribution < -0.4 is 5.73 Å². The number of carbonyl (C=O) groups is 1. The number of hydrogen-bond acceptors (Lipinski definition) is 3. The Balaban J connectivity index is 1.94. The summed E-state index contributed by atoms with van der Waals surface area (Å²) in [6.45, 7) is 1.81. The van der Waals surface area contributed by atoms with Crippen molar-refractivity contribution in [3.05, 3.63) is 35.9 Å². The largest absolute Gasteiger partial charge is 0.445 e. The van der Waals surface area contributed by atoms with Gasteiger partial charge in [-0.25, -0.2) is 13.6 Å². The van der Waals surface area contributed by atoms with Crippen LogP contribution in [0.1, 0.15) is 18.9 Å². The maximum absolute atomic E-state index is 13.2. The Morgan fingerprint density at radius 2 is 2.14 bits per heavy atom. The first kappa shape index (κ1) is 15.7. The molecule has 0 aromatic heterocycles. The van der Waals surface area contributed by atoms with Crippen LogP contribution in [0.4, 0.5) is 13.6 Å². The van der Waals surface area contributed by atoms with Crippen LogP contribution in [0.25, 0.3) is 0 Å². The van der Waals surface area contributed by atoms with E-state index in [-0.39, 0.29) is 13.2 Å². The summed E-state index contributed by atoms with van der Waals surface area (Å²) in [6.07, 6.45) is -2.80. The van der Waals surface area contributed by atoms with E-state index in [2.05, 4.69) is 0 Å². The van der Waals surface area contributed by atoms with Crippen LogP contribution in [0.5, 0.6) is 0 Å². The van der Waals surface area contributed by atoms with E-state index in [0.29, 0.717) is 13.0 Å². The van der Waals surface area contributed by atoms with E-state index in [1.165, 1.54) is 11.8 Å². The molecule has 2 rings (SSSR count). The van der Waals surface area contributed by atoms with Crippen LogP contribution in [-0.4, -0.2) is 36.5 Å². The van der Waals surface area contributed by atoms with Gasteiger partial charge in [0.05, 0.1) is 5.41 Å². The van der Waals surface area contributed by atoms with Gasteiger partial charge in [0.2, 0.25) is 6.43 Å². The average Bonchev–Trinajstić information content (AvgIpc) is 2.48. The van der Waals surface area contributed by atoms with Crippen LogP contribution in [-0.2, 0) is 11.3 Å². The van der Waals surface area contributed by atoms with Crippen LogP contribution in [0.3, 0.4) is 0 Å². The number of benzene rings is 1. The monoisotopic (exact) mass is 298 g/mol. The lowest BCUT2D eigenvalue weighted by Crippen LogP contribution is -2.58. The van der Waals surface area contributed by atoms with E-state index in [1.807, 2.05) is 30.3 Å². The molecular weight excluding hydrogens is 278 g/mol. The first-order valence-electron chi connectivity index (χ1n) is 6.93. The summed E-state index contributed by atoms with van der Waals surface area (Å²) in [4.78, 5) is 13.3. The molecule has 4 nitrogen and oxygen atoms in total. The number of alkyl halides is 2. The summed E-state index contributed by atoms with van der Waals surface area (Å²) < 4.78 is 31.5. The predicted octanol–water partition coefficient (Wildman–Crippen LogP) is 2.63. The highest BCUT2D eigenvalue weighted by Crippen LogP contribution is 2.35. The van der Waals surface area contributed by atoms with Gasteiger partial charge in [-0.2, -0.15) is 0 Å². The van der Waals surface area contributed by atoms with Crippen molar-refractivity contribution in [1.29, 1.82) is 0 Å². The van der Waals surface area contributed by atoms with Crippen molar-refractivity contribution in [2.75, 3.05) is 13.1 Å². The highest BCUT2D eigenvalue weighted by Gasteiger charge is 2.46. The van der Waals surface area contributed by atoms with Crippen molar-refractivity contribution < 1.29 is 18.3 Å². The zero-order valence-electron chi connectivity index (χ0n) is 12.0. The van der Waals surface area contributed by atoms with E-state index in [4.69, 9.17) is 10.5 Å². The molecule has 0 bridgehead atoms. The molecule has 2 N–H and O–H groups in total. The molecule has 0 saturated carbocycles. The Morgan fingerprint density at radius 1 is 1.48 bits per heavy atom. The van der Waals surface area contributed by atoms with Crippen LogP contribution in [0, 0.1) is 5.41 Å². The molecule has 2 atom stereocenters. The number of halogens is 2. The molecule has 1 heterocycles. The van der Waals surface area contributed by atoms with E-state index in [9.17, 15) is 13.6 Å². The molecule has 1 amide bonds. The smallest absolute Gasteiger partial charge is 0.410 e. The van der Waals surface area contributed by atoms with Gasteiger partial charge in [-0.3, -0.25) is 0 Å². The number of amides is 1. The fourth-order valence-electron chi connectivity index (χ4n) is 2.43. The third-order valence-corrected chi connectivity index (χ3v) is 4.05. The van der Waals surface area contributed by atoms with Gasteiger partial charge >= 0.3 is 6.09 Å². The number of carbonyl (C=O) groups excluding carboxylic acids is 1. The number of ether oxygens (including phenoxy) is 1. The average molecular weight is 298 g/mol. The molecule has 1 aromatic rings. The van der Waals surface area contributed by atoms with Crippen molar-refractivity contribution in [3.8, 4) is 0 Å². The highest BCUT2D eigenvalue weighted by atomic mass is 19.3. The number of piperidine rings is 1. The lowest BCUT2D eigenvalue weighted by Gasteiger charge is -2.43. The Morgan fingerprint density at radius 3 is 2.76 bits per heavy atom. The minimum absolute atomic E-state index is 0.0839. The second kappa shape index (κ2) is 6.39. The molecular formula is C15H20F2N2O2. The molecule has 2 unspecified atom stereocenters. The van der Waals surface area contributed by atoms with E-state index in [1.54, 1.807) is 0 Å². The normalized spacial score (nSPS) is 26.0. The van der Waals surface area contributed by atoms with Gasteiger partial charge in [-0.1, -0.05) is 37.3 Å². The van der Waals surface area contributed by atoms with Gasteiger partial charge in [0, 0.05) is 19.1 Å². The van der Waals surface area contributed by atoms with Gasteiger partial charge in [0.1, 0.15) is 6.61 Å². The maximum atomic E-state index is 13.2. The molecule has 1 aromatic carbocycles. The fraction of sp³-hybridized carbons (Fsp3) is 0.533. The summed E-state index contributed by atoms with van der Waals surface area (Å²) in [5.41, 5.74) is 5.26. The SMILES string of the molecule is CC1(C(F)F)CN(C(=O)OCc2ccccc2)CCC1N. The first-order valence-corrected chi connectivity index (χ1v) is 6.93. The molecule has 1 fully saturated rings. The third-order valence-electron chi connectivity index (χ3n) is 4.05. The van der Waals surface area contributed by atoms with Crippen LogP contribution in [0.2, 0.25) is 0 Å². The number of nitrogens with two attached hydrogens (primary N) is 1. The number of likely N-dealkylation sites (tertiary alicyclic amines) is 1. The quantitative estimate of drug-likeness (QED) is 0.933. The van der Waals surface area contributed by atoms with Crippen molar-refractivity contribution in [1.82, 2.24) is 4.90 Å². The zero-order valence-corrected chi connectivity index (χ0v) is 12.0. The molecule has 1 aliphatic rings. The molecule has 0 radical (unpaired) electrons. The third kappa shape index (κ3) is 3.50. The number of hydrogen-bond donors (Lipinski definition) is 1. The summed E-state index contributed by atoms with van der Waals surface area (Å²) in [7, 11) is 0. The molecule has 0 aliphatic carbocycles. The molecule has 1 aliphatic heterocycles. The van der Waals surface area contributed by atoms with Gasteiger partial charge in [0.15, 0.2) is 0 Å². The Kier molecular flexibility index (Phi) is 4.77. The van der Waals surface area contributed by atoms with Crippen molar-refractivity contribution >= 4 is 6.09 Å². The minimum atomic E-state index is -2.57. The van der Waals surface area contributed by atoms with Gasteiger partial charge in [0.25, 0.3) is 0 Å². The highest BCUT2D eigenvalue weighted by molar-refractivity contribution is 5.68. The summed E-state index contributed by atoms with van der Waals surface area (Å²) in [5, 5.41) is 0. The topological polar surface area (TPSA) is 55.6 Å². The van der Waals surface area contributed by atoms with E-state index in [0.717, 1.165) is 5.56 Å². The predicted molar refractivity (Wildman–Crippen MR) is 74.9 cm³/mol. The molecule has 6 heteroatoms. The molecule has 0 spiro atoms. The standard InChI is InChI=1S/C15H20F2N2O2/c1-15(13(16)17)10-19(8-7-12(15)18)14(20)21-9-11-5-3-2-4-6-11/h2-6,12-13H,7-10,18H2,1H3. The maximum Gasteiger partial charge on any atom is 0.410 e. The summed E-state index contributed by atoms with van der Waals surface area (Å²) >= 11 is 0. The second-order valence-corrected chi connectivity index (χ2v) is 5.66. The Labute approximate surface area is 122 Å². The van der Waals surface area contributed by atoms with E-state index >= 15 is 0 Å². The van der Waals surface area contributed by atoms with Gasteiger partial charge in [-0.15, -0.1) is 0 Å². The van der Waals surface area contributed by atoms with Crippen LogP contribution in [0.15, 0.2) is 30.3 Å². The number of rotatable bonds is 3. The summed E-state index contributed by atoms with van der Waals surface area (Å²) in [5.74, 6) is 0. The number of nitrogens with zero attached hydrogens (tertiary/aromatic N) is 1. The lowest BCUT2D eigenvalue weighted by molar-refractivity contribution is -0.0531. The second-order valence-electron chi connectivity index (χ2n) is 5.66. The lowest BCUT2D eigenvalue weighted by atomic mass is 9.78. The van der Waals surface area contributed by atoms with Crippen LogP contribution >= 0.6 is 0 Å². The van der Waals surface area contributed by atoms with Gasteiger partial charge in [-0.05, 0) is 12.0 Å². The van der Waals surface area contributed by atoms with E-state index < -0.39 is 24.0 Å². The van der Waals surface area contributed by atoms with Crippen molar-refractivity contribution in [3.63, 3.8) is 0 Å². The molecule has 116 valence electrons. The first-order chi connectivity index (χ1) is 9.93. The molecule has 21 heavy (non-hydrogen) atoms. The van der Waals surface area contributed by atoms with Crippen molar-refractivity contribution in [2.24, 2.45) is 11.1 Å². The zero-order chi connectivity index (χ0) is 15.5. The van der Waals surface area contributed by atoms with Crippen molar-refractivity contribution in [2.45, 2.75) is 32.4 Å². The Bertz CT molecular complexity index is 484. The van der Waals surface area contributed by atoms with Gasteiger partial charge < -0.3 is 15.4 Å². The fourth-order valence-corrected chi connectivity index (χ4v) is 2.43. The summed E-state index contributed by atoms with van der Waals surface area (Å²) in [6, 6.07) is 8.61. The molecule has 1 saturated heterocycles. The minimum Gasteiger partial charge on any atom is -0.445 e.